The summed E-state index contributed by atoms with van der Waals surface area (Å²) in [6.07, 6.45) is 1.50. The third-order valence-electron chi connectivity index (χ3n) is 4.82. The predicted octanol–water partition coefficient (Wildman–Crippen LogP) is -0.213. The van der Waals surface area contributed by atoms with Crippen molar-refractivity contribution in [1.82, 2.24) is 26.2 Å². The number of amides is 4. The number of rotatable bonds is 3. The summed E-state index contributed by atoms with van der Waals surface area (Å²) >= 11 is 0. The van der Waals surface area contributed by atoms with Gasteiger partial charge in [-0.3, -0.25) is 19.9 Å². The molecule has 0 bridgehead atoms. The highest BCUT2D eigenvalue weighted by atomic mass is 16.2. The van der Waals surface area contributed by atoms with Crippen LogP contribution in [0, 0.1) is 5.92 Å². The maximum Gasteiger partial charge on any atom is 0.322 e. The molecule has 4 N–H and O–H groups in total. The maximum absolute atomic E-state index is 12.1. The van der Waals surface area contributed by atoms with E-state index in [1.54, 1.807) is 14.0 Å². The van der Waals surface area contributed by atoms with Crippen molar-refractivity contribution in [3.05, 3.63) is 0 Å². The van der Waals surface area contributed by atoms with E-state index in [2.05, 4.69) is 31.2 Å². The van der Waals surface area contributed by atoms with Crippen molar-refractivity contribution in [2.24, 2.45) is 10.9 Å². The van der Waals surface area contributed by atoms with Crippen LogP contribution in [0.15, 0.2) is 4.99 Å². The summed E-state index contributed by atoms with van der Waals surface area (Å²) in [6.45, 7) is 9.13. The van der Waals surface area contributed by atoms with Gasteiger partial charge in [-0.2, -0.15) is 0 Å². The molecule has 0 aliphatic carbocycles. The van der Waals surface area contributed by atoms with Gasteiger partial charge in [-0.05, 0) is 46.5 Å². The Morgan fingerprint density at radius 1 is 1.31 bits per heavy atom. The number of likely N-dealkylation sites (tertiary alicyclic amines) is 1. The fourth-order valence-electron chi connectivity index (χ4n) is 3.47. The van der Waals surface area contributed by atoms with Crippen molar-refractivity contribution in [3.8, 4) is 0 Å². The van der Waals surface area contributed by atoms with Gasteiger partial charge >= 0.3 is 6.03 Å². The summed E-state index contributed by atoms with van der Waals surface area (Å²) in [6, 6.07) is -0.428. The molecule has 2 saturated heterocycles. The standard InChI is InChI=1S/C17H30N6O3/c1-16(2,3)21-12(24)10-19-14(18-5)23-8-6-11(7-9-23)17(4)13(25)20-15(26)22-17/h11H,6-10H2,1-5H3,(H,18,19)(H,21,24)(H2,20,22,25,26). The lowest BCUT2D eigenvalue weighted by Crippen LogP contribution is -2.56. The van der Waals surface area contributed by atoms with E-state index in [1.165, 1.54) is 0 Å². The van der Waals surface area contributed by atoms with Crippen molar-refractivity contribution in [3.63, 3.8) is 0 Å². The number of carbonyl (C=O) groups excluding carboxylic acids is 3. The largest absolute Gasteiger partial charge is 0.350 e. The number of carbonyl (C=O) groups is 3. The van der Waals surface area contributed by atoms with Crippen molar-refractivity contribution in [2.75, 3.05) is 26.7 Å². The number of guanidine groups is 1. The van der Waals surface area contributed by atoms with Gasteiger partial charge < -0.3 is 20.9 Å². The first-order valence-electron chi connectivity index (χ1n) is 8.95. The molecule has 2 aliphatic heterocycles. The minimum atomic E-state index is -0.854. The Kier molecular flexibility index (Phi) is 5.77. The van der Waals surface area contributed by atoms with Crippen LogP contribution >= 0.6 is 0 Å². The highest BCUT2D eigenvalue weighted by Crippen LogP contribution is 2.30. The molecular formula is C17H30N6O3. The van der Waals surface area contributed by atoms with Crippen molar-refractivity contribution < 1.29 is 14.4 Å². The van der Waals surface area contributed by atoms with E-state index in [-0.39, 0.29) is 29.8 Å². The summed E-state index contributed by atoms with van der Waals surface area (Å²) in [5.41, 5.74) is -1.13. The number of imide groups is 1. The fourth-order valence-corrected chi connectivity index (χ4v) is 3.47. The molecule has 0 aromatic carbocycles. The number of urea groups is 1. The molecular weight excluding hydrogens is 336 g/mol. The van der Waals surface area contributed by atoms with Gasteiger partial charge in [0.25, 0.3) is 5.91 Å². The van der Waals surface area contributed by atoms with Crippen LogP contribution in [0.5, 0.6) is 0 Å². The number of hydrogen-bond donors (Lipinski definition) is 4. The zero-order valence-corrected chi connectivity index (χ0v) is 16.2. The van der Waals surface area contributed by atoms with Gasteiger partial charge in [-0.15, -0.1) is 0 Å². The number of nitrogens with one attached hydrogen (secondary N) is 4. The SMILES string of the molecule is CN=C(NCC(=O)NC(C)(C)C)N1CCC(C2(C)NC(=O)NC2=O)CC1. The van der Waals surface area contributed by atoms with Crippen LogP contribution in [-0.4, -0.2) is 66.5 Å². The Balaban J connectivity index is 1.87. The molecule has 9 nitrogen and oxygen atoms in total. The van der Waals surface area contributed by atoms with Crippen molar-refractivity contribution in [2.45, 2.75) is 51.6 Å². The Bertz CT molecular complexity index is 604. The molecule has 2 fully saturated rings. The first-order chi connectivity index (χ1) is 12.0. The summed E-state index contributed by atoms with van der Waals surface area (Å²) in [4.78, 5) is 41.8. The van der Waals surface area contributed by atoms with Gasteiger partial charge in [0.15, 0.2) is 5.96 Å². The number of hydrogen-bond acceptors (Lipinski definition) is 4. The maximum atomic E-state index is 12.1. The Morgan fingerprint density at radius 2 is 1.92 bits per heavy atom. The highest BCUT2D eigenvalue weighted by molar-refractivity contribution is 6.07. The van der Waals surface area contributed by atoms with E-state index < -0.39 is 11.6 Å². The zero-order valence-electron chi connectivity index (χ0n) is 16.2. The molecule has 0 radical (unpaired) electrons. The molecule has 26 heavy (non-hydrogen) atoms. The molecule has 0 aromatic rings. The Labute approximate surface area is 154 Å². The van der Waals surface area contributed by atoms with Crippen LogP contribution in [0.4, 0.5) is 4.79 Å². The van der Waals surface area contributed by atoms with Crippen molar-refractivity contribution >= 4 is 23.8 Å². The Hall–Kier alpha value is -2.32. The first kappa shape index (κ1) is 20.0. The summed E-state index contributed by atoms with van der Waals surface area (Å²) in [7, 11) is 1.68. The zero-order chi connectivity index (χ0) is 19.5. The van der Waals surface area contributed by atoms with Crippen LogP contribution in [0.1, 0.15) is 40.5 Å². The second kappa shape index (κ2) is 7.51. The molecule has 1 unspecified atom stereocenters. The molecule has 146 valence electrons. The minimum absolute atomic E-state index is 0.0625. The molecule has 0 saturated carbocycles. The quantitative estimate of drug-likeness (QED) is 0.313. The monoisotopic (exact) mass is 366 g/mol. The predicted molar refractivity (Wildman–Crippen MR) is 98.6 cm³/mol. The summed E-state index contributed by atoms with van der Waals surface area (Å²) in [5.74, 6) is 0.374. The third-order valence-corrected chi connectivity index (χ3v) is 4.82. The topological polar surface area (TPSA) is 115 Å². The molecule has 2 rings (SSSR count). The van der Waals surface area contributed by atoms with Gasteiger partial charge in [0.2, 0.25) is 5.91 Å². The average molecular weight is 366 g/mol. The van der Waals surface area contributed by atoms with Gasteiger partial charge in [0.1, 0.15) is 5.54 Å². The summed E-state index contributed by atoms with van der Waals surface area (Å²) < 4.78 is 0. The molecule has 1 atom stereocenters. The normalized spacial score (nSPS) is 25.0. The molecule has 2 heterocycles. The van der Waals surface area contributed by atoms with Gasteiger partial charge in [0, 0.05) is 25.7 Å². The number of aliphatic imine (C=N–C) groups is 1. The van der Waals surface area contributed by atoms with Crippen LogP contribution in [-0.2, 0) is 9.59 Å². The van der Waals surface area contributed by atoms with E-state index in [4.69, 9.17) is 0 Å². The third kappa shape index (κ3) is 4.64. The van der Waals surface area contributed by atoms with E-state index in [0.29, 0.717) is 19.0 Å². The highest BCUT2D eigenvalue weighted by Gasteiger charge is 2.48. The van der Waals surface area contributed by atoms with Gasteiger partial charge in [-0.25, -0.2) is 4.79 Å². The van der Waals surface area contributed by atoms with E-state index >= 15 is 0 Å². The van der Waals surface area contributed by atoms with E-state index in [9.17, 15) is 14.4 Å². The lowest BCUT2D eigenvalue weighted by atomic mass is 9.79. The Morgan fingerprint density at radius 3 is 2.38 bits per heavy atom. The molecule has 9 heteroatoms. The summed E-state index contributed by atoms with van der Waals surface area (Å²) in [5, 5.41) is 11.1. The van der Waals surface area contributed by atoms with Crippen LogP contribution < -0.4 is 21.3 Å². The molecule has 0 spiro atoms. The number of piperidine rings is 1. The van der Waals surface area contributed by atoms with E-state index in [1.807, 2.05) is 20.8 Å². The number of nitrogens with zero attached hydrogens (tertiary/aromatic N) is 2. The molecule has 4 amide bonds. The lowest BCUT2D eigenvalue weighted by Gasteiger charge is -2.39. The second-order valence-corrected chi connectivity index (χ2v) is 8.07. The minimum Gasteiger partial charge on any atom is -0.350 e. The van der Waals surface area contributed by atoms with E-state index in [0.717, 1.165) is 12.8 Å². The van der Waals surface area contributed by atoms with Crippen molar-refractivity contribution in [1.29, 1.82) is 0 Å². The first-order valence-corrected chi connectivity index (χ1v) is 8.95. The molecule has 0 aromatic heterocycles. The average Bonchev–Trinajstić information content (AvgIpc) is 2.80. The fraction of sp³-hybridized carbons (Fsp3) is 0.765. The van der Waals surface area contributed by atoms with Crippen LogP contribution in [0.3, 0.4) is 0 Å². The molecule has 2 aliphatic rings. The lowest BCUT2D eigenvalue weighted by molar-refractivity contribution is -0.126. The van der Waals surface area contributed by atoms with Gasteiger partial charge in [0.05, 0.1) is 6.54 Å². The smallest absolute Gasteiger partial charge is 0.322 e. The second-order valence-electron chi connectivity index (χ2n) is 8.07. The van der Waals surface area contributed by atoms with Crippen LogP contribution in [0.25, 0.3) is 0 Å². The van der Waals surface area contributed by atoms with Gasteiger partial charge in [-0.1, -0.05) is 0 Å². The van der Waals surface area contributed by atoms with Crippen LogP contribution in [0.2, 0.25) is 0 Å².